The van der Waals surface area contributed by atoms with Gasteiger partial charge in [0.2, 0.25) is 0 Å². The molecule has 0 amide bonds. The normalized spacial score (nSPS) is 15.7. The van der Waals surface area contributed by atoms with Gasteiger partial charge < -0.3 is 20.3 Å². The van der Waals surface area contributed by atoms with Crippen molar-refractivity contribution in [2.75, 3.05) is 44.8 Å². The molecule has 6 nitrogen and oxygen atoms in total. The van der Waals surface area contributed by atoms with Crippen LogP contribution in [0.15, 0.2) is 23.3 Å². The molecule has 0 aliphatic carbocycles. The molecule has 1 fully saturated rings. The van der Waals surface area contributed by atoms with E-state index in [1.165, 1.54) is 12.0 Å². The number of nitrogens with one attached hydrogen (secondary N) is 2. The monoisotopic (exact) mass is 305 g/mol. The lowest BCUT2D eigenvalue weighted by molar-refractivity contribution is 0.122. The van der Waals surface area contributed by atoms with Gasteiger partial charge in [0.25, 0.3) is 0 Å². The second-order valence-corrected chi connectivity index (χ2v) is 5.29. The Balaban J connectivity index is 1.94. The van der Waals surface area contributed by atoms with Crippen LogP contribution in [0.1, 0.15) is 25.3 Å². The van der Waals surface area contributed by atoms with Gasteiger partial charge in [-0.2, -0.15) is 0 Å². The summed E-state index contributed by atoms with van der Waals surface area (Å²) in [7, 11) is 1.80. The Morgan fingerprint density at radius 2 is 2.18 bits per heavy atom. The molecule has 0 aromatic carbocycles. The zero-order valence-electron chi connectivity index (χ0n) is 13.6. The van der Waals surface area contributed by atoms with E-state index in [1.807, 2.05) is 12.3 Å². The minimum absolute atomic E-state index is 0.715. The van der Waals surface area contributed by atoms with Crippen LogP contribution in [0.4, 0.5) is 5.82 Å². The van der Waals surface area contributed by atoms with E-state index in [9.17, 15) is 0 Å². The van der Waals surface area contributed by atoms with Gasteiger partial charge in [-0.3, -0.25) is 4.99 Å². The van der Waals surface area contributed by atoms with Crippen LogP contribution in [0.25, 0.3) is 0 Å². The van der Waals surface area contributed by atoms with Crippen LogP contribution in [-0.2, 0) is 11.3 Å². The zero-order chi connectivity index (χ0) is 15.6. The fourth-order valence-electron chi connectivity index (χ4n) is 2.41. The molecule has 22 heavy (non-hydrogen) atoms. The third-order valence-corrected chi connectivity index (χ3v) is 3.67. The molecule has 0 atom stereocenters. The van der Waals surface area contributed by atoms with Crippen molar-refractivity contribution in [3.63, 3.8) is 0 Å². The first-order valence-electron chi connectivity index (χ1n) is 8.06. The minimum Gasteiger partial charge on any atom is -0.378 e. The van der Waals surface area contributed by atoms with E-state index in [-0.39, 0.29) is 0 Å². The zero-order valence-corrected chi connectivity index (χ0v) is 13.6. The molecular formula is C16H27N5O. The molecule has 1 aromatic rings. The average Bonchev–Trinajstić information content (AvgIpc) is 2.59. The number of aliphatic imine (C=N–C) groups is 1. The summed E-state index contributed by atoms with van der Waals surface area (Å²) in [6.45, 7) is 7.17. The van der Waals surface area contributed by atoms with E-state index in [2.05, 4.69) is 38.5 Å². The predicted molar refractivity (Wildman–Crippen MR) is 90.4 cm³/mol. The van der Waals surface area contributed by atoms with Crippen LogP contribution >= 0.6 is 0 Å². The number of nitrogens with zero attached hydrogens (tertiary/aromatic N) is 3. The number of hydrogen-bond acceptors (Lipinski definition) is 4. The Kier molecular flexibility index (Phi) is 6.96. The summed E-state index contributed by atoms with van der Waals surface area (Å²) in [5.74, 6) is 1.88. The average molecular weight is 305 g/mol. The topological polar surface area (TPSA) is 61.8 Å². The largest absolute Gasteiger partial charge is 0.378 e. The van der Waals surface area contributed by atoms with Crippen LogP contribution in [-0.4, -0.2) is 50.8 Å². The van der Waals surface area contributed by atoms with Crippen molar-refractivity contribution in [1.29, 1.82) is 0 Å². The highest BCUT2D eigenvalue weighted by Gasteiger charge is 2.15. The molecule has 0 spiro atoms. The second kappa shape index (κ2) is 9.25. The summed E-state index contributed by atoms with van der Waals surface area (Å²) in [5.41, 5.74) is 1.18. The van der Waals surface area contributed by atoms with Crippen molar-refractivity contribution in [1.82, 2.24) is 15.6 Å². The summed E-state index contributed by atoms with van der Waals surface area (Å²) in [6, 6.07) is 4.10. The molecule has 6 heteroatoms. The van der Waals surface area contributed by atoms with Crippen molar-refractivity contribution < 1.29 is 4.74 Å². The van der Waals surface area contributed by atoms with E-state index in [4.69, 9.17) is 4.74 Å². The summed E-state index contributed by atoms with van der Waals surface area (Å²) < 4.78 is 5.42. The maximum Gasteiger partial charge on any atom is 0.191 e. The van der Waals surface area contributed by atoms with Crippen molar-refractivity contribution in [2.45, 2.75) is 26.3 Å². The van der Waals surface area contributed by atoms with Crippen LogP contribution in [0, 0.1) is 0 Å². The van der Waals surface area contributed by atoms with E-state index in [0.717, 1.165) is 51.0 Å². The molecule has 1 aliphatic rings. The summed E-state index contributed by atoms with van der Waals surface area (Å²) in [4.78, 5) is 11.1. The first-order chi connectivity index (χ1) is 10.8. The first-order valence-corrected chi connectivity index (χ1v) is 8.06. The summed E-state index contributed by atoms with van der Waals surface area (Å²) >= 11 is 0. The van der Waals surface area contributed by atoms with Gasteiger partial charge in [-0.05, 0) is 12.5 Å². The lowest BCUT2D eigenvalue weighted by Crippen LogP contribution is -2.39. The van der Waals surface area contributed by atoms with Gasteiger partial charge in [-0.25, -0.2) is 4.98 Å². The number of ether oxygens (including phenoxy) is 1. The van der Waals surface area contributed by atoms with Gasteiger partial charge >= 0.3 is 0 Å². The maximum absolute atomic E-state index is 5.42. The molecule has 0 radical (unpaired) electrons. The van der Waals surface area contributed by atoms with Gasteiger partial charge in [-0.1, -0.05) is 19.4 Å². The van der Waals surface area contributed by atoms with Gasteiger partial charge in [-0.15, -0.1) is 0 Å². The van der Waals surface area contributed by atoms with Crippen molar-refractivity contribution in [2.24, 2.45) is 4.99 Å². The molecule has 122 valence electrons. The van der Waals surface area contributed by atoms with Crippen molar-refractivity contribution >= 4 is 11.8 Å². The SMILES string of the molecule is CCCCNC(=NC)NCc1cccnc1N1CCOCC1. The van der Waals surface area contributed by atoms with Crippen molar-refractivity contribution in [3.8, 4) is 0 Å². The number of pyridine rings is 1. The Morgan fingerprint density at radius 3 is 2.91 bits per heavy atom. The van der Waals surface area contributed by atoms with Crippen LogP contribution in [0.5, 0.6) is 0 Å². The number of guanidine groups is 1. The third kappa shape index (κ3) is 4.87. The third-order valence-electron chi connectivity index (χ3n) is 3.67. The molecule has 2 rings (SSSR count). The van der Waals surface area contributed by atoms with Gasteiger partial charge in [0.1, 0.15) is 5.82 Å². The molecule has 2 heterocycles. The second-order valence-electron chi connectivity index (χ2n) is 5.29. The molecule has 0 unspecified atom stereocenters. The Morgan fingerprint density at radius 1 is 1.36 bits per heavy atom. The minimum atomic E-state index is 0.715. The smallest absolute Gasteiger partial charge is 0.191 e. The van der Waals surface area contributed by atoms with Gasteiger partial charge in [0.05, 0.1) is 13.2 Å². The quantitative estimate of drug-likeness (QED) is 0.472. The Bertz CT molecular complexity index is 471. The molecule has 1 aromatic heterocycles. The predicted octanol–water partition coefficient (Wildman–Crippen LogP) is 1.38. The van der Waals surface area contributed by atoms with E-state index in [1.54, 1.807) is 7.05 Å². The number of anilines is 1. The summed E-state index contributed by atoms with van der Waals surface area (Å²) in [6.07, 6.45) is 4.17. The molecular weight excluding hydrogens is 278 g/mol. The van der Waals surface area contributed by atoms with E-state index < -0.39 is 0 Å². The number of aromatic nitrogens is 1. The standard InChI is InChI=1S/C16H27N5O/c1-3-4-7-19-16(17-2)20-13-14-6-5-8-18-15(14)21-9-11-22-12-10-21/h5-6,8H,3-4,7,9-13H2,1-2H3,(H2,17,19,20). The molecule has 0 saturated carbocycles. The lowest BCUT2D eigenvalue weighted by atomic mass is 10.2. The Labute approximate surface area is 133 Å². The Hall–Kier alpha value is -1.82. The first kappa shape index (κ1) is 16.5. The molecule has 0 bridgehead atoms. The van der Waals surface area contributed by atoms with Crippen LogP contribution in [0.3, 0.4) is 0 Å². The van der Waals surface area contributed by atoms with Crippen LogP contribution < -0.4 is 15.5 Å². The van der Waals surface area contributed by atoms with Crippen molar-refractivity contribution in [3.05, 3.63) is 23.9 Å². The highest BCUT2D eigenvalue weighted by Crippen LogP contribution is 2.18. The maximum atomic E-state index is 5.42. The summed E-state index contributed by atoms with van der Waals surface area (Å²) in [5, 5.41) is 6.69. The molecule has 2 N–H and O–H groups in total. The van der Waals surface area contributed by atoms with E-state index >= 15 is 0 Å². The van der Waals surface area contributed by atoms with Gasteiger partial charge in [0, 0.05) is 45.0 Å². The number of unbranched alkanes of at least 4 members (excludes halogenated alkanes) is 1. The van der Waals surface area contributed by atoms with Gasteiger partial charge in [0.15, 0.2) is 5.96 Å². The highest BCUT2D eigenvalue weighted by molar-refractivity contribution is 5.79. The van der Waals surface area contributed by atoms with Crippen LogP contribution in [0.2, 0.25) is 0 Å². The fourth-order valence-corrected chi connectivity index (χ4v) is 2.41. The number of morpholine rings is 1. The van der Waals surface area contributed by atoms with E-state index in [0.29, 0.717) is 6.54 Å². The number of hydrogen-bond donors (Lipinski definition) is 2. The molecule has 1 saturated heterocycles. The lowest BCUT2D eigenvalue weighted by Gasteiger charge is -2.29. The fraction of sp³-hybridized carbons (Fsp3) is 0.625. The number of rotatable bonds is 6. The highest BCUT2D eigenvalue weighted by atomic mass is 16.5. The molecule has 1 aliphatic heterocycles.